The fourth-order valence-corrected chi connectivity index (χ4v) is 2.95. The molecule has 1 amide bonds. The van der Waals surface area contributed by atoms with Crippen molar-refractivity contribution >= 4 is 5.91 Å². The van der Waals surface area contributed by atoms with Gasteiger partial charge in [0.1, 0.15) is 12.4 Å². The standard InChI is InChI=1S/C20H19F4N5O3/c1-4-29(11(2)10-31-19-25-8-13(9-26-19)20(22,23)24)18(30)14-6-5-7-15(21)16(14)17-28-27-12(3)32-17/h5-9,11H,4,10H2,1-3H3. The van der Waals surface area contributed by atoms with Crippen LogP contribution in [0.15, 0.2) is 35.0 Å². The zero-order valence-electron chi connectivity index (χ0n) is 17.4. The summed E-state index contributed by atoms with van der Waals surface area (Å²) >= 11 is 0. The van der Waals surface area contributed by atoms with Gasteiger partial charge in [-0.25, -0.2) is 14.4 Å². The second-order valence-electron chi connectivity index (χ2n) is 6.79. The van der Waals surface area contributed by atoms with Crippen molar-refractivity contribution < 1.29 is 31.5 Å². The van der Waals surface area contributed by atoms with Gasteiger partial charge >= 0.3 is 12.2 Å². The second-order valence-corrected chi connectivity index (χ2v) is 6.79. The zero-order chi connectivity index (χ0) is 23.5. The first kappa shape index (κ1) is 23.1. The number of aryl methyl sites for hydroxylation is 1. The monoisotopic (exact) mass is 453 g/mol. The van der Waals surface area contributed by atoms with Gasteiger partial charge in [-0.1, -0.05) is 6.07 Å². The van der Waals surface area contributed by atoms with Gasteiger partial charge in [-0.05, 0) is 26.0 Å². The minimum absolute atomic E-state index is 0.0214. The summed E-state index contributed by atoms with van der Waals surface area (Å²) in [5.74, 6) is -1.12. The average Bonchev–Trinajstić information content (AvgIpc) is 3.18. The normalized spacial score (nSPS) is 12.5. The van der Waals surface area contributed by atoms with Crippen molar-refractivity contribution in [2.45, 2.75) is 33.0 Å². The van der Waals surface area contributed by atoms with Crippen LogP contribution in [0.4, 0.5) is 17.6 Å². The molecule has 32 heavy (non-hydrogen) atoms. The lowest BCUT2D eigenvalue weighted by atomic mass is 10.0. The van der Waals surface area contributed by atoms with Gasteiger partial charge in [0.05, 0.1) is 22.7 Å². The van der Waals surface area contributed by atoms with E-state index in [1.807, 2.05) is 0 Å². The SMILES string of the molecule is CCN(C(=O)c1cccc(F)c1-c1nnc(C)o1)C(C)COc1ncc(C(F)(F)F)cn1. The van der Waals surface area contributed by atoms with Crippen molar-refractivity contribution in [3.63, 3.8) is 0 Å². The first-order chi connectivity index (χ1) is 15.1. The van der Waals surface area contributed by atoms with Gasteiger partial charge in [0, 0.05) is 25.9 Å². The van der Waals surface area contributed by atoms with Crippen LogP contribution < -0.4 is 4.74 Å². The smallest absolute Gasteiger partial charge is 0.419 e. The maximum Gasteiger partial charge on any atom is 0.419 e. The molecule has 0 aliphatic rings. The number of hydrogen-bond acceptors (Lipinski definition) is 7. The molecule has 0 bridgehead atoms. The zero-order valence-corrected chi connectivity index (χ0v) is 17.4. The highest BCUT2D eigenvalue weighted by Gasteiger charge is 2.31. The molecule has 0 saturated heterocycles. The molecule has 2 heterocycles. The summed E-state index contributed by atoms with van der Waals surface area (Å²) in [6, 6.07) is 3.20. The van der Waals surface area contributed by atoms with E-state index in [0.717, 1.165) is 0 Å². The Morgan fingerprint density at radius 3 is 2.47 bits per heavy atom. The van der Waals surface area contributed by atoms with Gasteiger partial charge in [0.15, 0.2) is 0 Å². The molecule has 0 fully saturated rings. The van der Waals surface area contributed by atoms with Gasteiger partial charge in [0.25, 0.3) is 11.8 Å². The fourth-order valence-electron chi connectivity index (χ4n) is 2.95. The first-order valence-electron chi connectivity index (χ1n) is 9.53. The van der Waals surface area contributed by atoms with Crippen LogP contribution in [-0.4, -0.2) is 50.2 Å². The van der Waals surface area contributed by atoms with Gasteiger partial charge in [-0.15, -0.1) is 10.2 Å². The van der Waals surface area contributed by atoms with E-state index in [1.54, 1.807) is 20.8 Å². The van der Waals surface area contributed by atoms with E-state index in [9.17, 15) is 22.4 Å². The summed E-state index contributed by atoms with van der Waals surface area (Å²) in [5, 5.41) is 7.48. The molecule has 0 saturated carbocycles. The number of hydrogen-bond donors (Lipinski definition) is 0. The van der Waals surface area contributed by atoms with Crippen LogP contribution in [0, 0.1) is 12.7 Å². The predicted octanol–water partition coefficient (Wildman–Crippen LogP) is 3.92. The van der Waals surface area contributed by atoms with Crippen LogP contribution in [0.5, 0.6) is 6.01 Å². The van der Waals surface area contributed by atoms with E-state index in [1.165, 1.54) is 23.1 Å². The maximum absolute atomic E-state index is 14.5. The molecule has 0 spiro atoms. The highest BCUT2D eigenvalue weighted by Crippen LogP contribution is 2.29. The van der Waals surface area contributed by atoms with Crippen molar-refractivity contribution in [1.82, 2.24) is 25.1 Å². The first-order valence-corrected chi connectivity index (χ1v) is 9.53. The minimum atomic E-state index is -4.56. The molecule has 0 aliphatic carbocycles. The van der Waals surface area contributed by atoms with E-state index in [0.29, 0.717) is 12.4 Å². The van der Waals surface area contributed by atoms with Crippen molar-refractivity contribution in [2.75, 3.05) is 13.2 Å². The van der Waals surface area contributed by atoms with Crippen molar-refractivity contribution in [2.24, 2.45) is 0 Å². The number of alkyl halides is 3. The number of rotatable bonds is 7. The van der Waals surface area contributed by atoms with Gasteiger partial charge < -0.3 is 14.1 Å². The van der Waals surface area contributed by atoms with Crippen LogP contribution >= 0.6 is 0 Å². The number of benzene rings is 1. The lowest BCUT2D eigenvalue weighted by Gasteiger charge is -2.28. The predicted molar refractivity (Wildman–Crippen MR) is 103 cm³/mol. The average molecular weight is 453 g/mol. The summed E-state index contributed by atoms with van der Waals surface area (Å²) in [7, 11) is 0. The van der Waals surface area contributed by atoms with E-state index in [-0.39, 0.29) is 42.1 Å². The van der Waals surface area contributed by atoms with E-state index >= 15 is 0 Å². The largest absolute Gasteiger partial charge is 0.461 e. The fraction of sp³-hybridized carbons (Fsp3) is 0.350. The number of likely N-dealkylation sites (N-methyl/N-ethyl adjacent to an activating group) is 1. The highest BCUT2D eigenvalue weighted by atomic mass is 19.4. The van der Waals surface area contributed by atoms with Crippen LogP contribution in [0.1, 0.15) is 35.7 Å². The third-order valence-corrected chi connectivity index (χ3v) is 4.53. The summed E-state index contributed by atoms with van der Waals surface area (Å²) in [4.78, 5) is 21.7. The Labute approximate surface area is 180 Å². The Morgan fingerprint density at radius 2 is 1.91 bits per heavy atom. The molecular weight excluding hydrogens is 434 g/mol. The second kappa shape index (κ2) is 9.28. The third kappa shape index (κ3) is 5.01. The molecule has 1 aromatic carbocycles. The molecule has 3 rings (SSSR count). The summed E-state index contributed by atoms with van der Waals surface area (Å²) in [6.07, 6.45) is -3.33. The number of carbonyl (C=O) groups is 1. The number of carbonyl (C=O) groups excluding carboxylic acids is 1. The summed E-state index contributed by atoms with van der Waals surface area (Å²) < 4.78 is 63.0. The number of halogens is 4. The molecule has 0 radical (unpaired) electrons. The lowest BCUT2D eigenvalue weighted by Crippen LogP contribution is -2.42. The van der Waals surface area contributed by atoms with Crippen LogP contribution in [0.3, 0.4) is 0 Å². The van der Waals surface area contributed by atoms with E-state index in [4.69, 9.17) is 9.15 Å². The molecule has 12 heteroatoms. The maximum atomic E-state index is 14.5. The Hall–Kier alpha value is -3.57. The third-order valence-electron chi connectivity index (χ3n) is 4.53. The highest BCUT2D eigenvalue weighted by molar-refractivity contribution is 6.00. The minimum Gasteiger partial charge on any atom is -0.461 e. The molecule has 170 valence electrons. The quantitative estimate of drug-likeness (QED) is 0.501. The lowest BCUT2D eigenvalue weighted by molar-refractivity contribution is -0.138. The molecular formula is C20H19F4N5O3. The van der Waals surface area contributed by atoms with E-state index in [2.05, 4.69) is 20.2 Å². The van der Waals surface area contributed by atoms with Crippen molar-refractivity contribution in [3.8, 4) is 17.5 Å². The van der Waals surface area contributed by atoms with Crippen molar-refractivity contribution in [1.29, 1.82) is 0 Å². The summed E-state index contributed by atoms with van der Waals surface area (Å²) in [5.41, 5.74) is -1.10. The Kier molecular flexibility index (Phi) is 6.70. The number of nitrogens with zero attached hydrogens (tertiary/aromatic N) is 5. The number of ether oxygens (including phenoxy) is 1. The van der Waals surface area contributed by atoms with Crippen LogP contribution in [0.25, 0.3) is 11.5 Å². The molecule has 1 atom stereocenters. The van der Waals surface area contributed by atoms with E-state index < -0.39 is 29.5 Å². The van der Waals surface area contributed by atoms with Crippen LogP contribution in [0.2, 0.25) is 0 Å². The molecule has 3 aromatic rings. The Balaban J connectivity index is 1.77. The topological polar surface area (TPSA) is 94.2 Å². The molecule has 2 aromatic heterocycles. The number of aromatic nitrogens is 4. The molecule has 1 unspecified atom stereocenters. The summed E-state index contributed by atoms with van der Waals surface area (Å²) in [6.45, 7) is 5.07. The Morgan fingerprint density at radius 1 is 1.22 bits per heavy atom. The molecule has 8 nitrogen and oxygen atoms in total. The van der Waals surface area contributed by atoms with Gasteiger partial charge in [-0.2, -0.15) is 13.2 Å². The van der Waals surface area contributed by atoms with Gasteiger partial charge in [-0.3, -0.25) is 4.79 Å². The molecule has 0 N–H and O–H groups in total. The van der Waals surface area contributed by atoms with Gasteiger partial charge in [0.2, 0.25) is 5.89 Å². The molecule has 0 aliphatic heterocycles. The van der Waals surface area contributed by atoms with Crippen molar-refractivity contribution in [3.05, 3.63) is 53.4 Å². The Bertz CT molecular complexity index is 1090. The van der Waals surface area contributed by atoms with Crippen LogP contribution in [-0.2, 0) is 6.18 Å². The number of amides is 1.